The van der Waals surface area contributed by atoms with Crippen LogP contribution in [0.5, 0.6) is 5.75 Å². The number of anilines is 1. The highest BCUT2D eigenvalue weighted by Gasteiger charge is 2.28. The average molecular weight is 386 g/mol. The monoisotopic (exact) mass is 386 g/mol. The molecule has 0 aliphatic rings. The fourth-order valence-electron chi connectivity index (χ4n) is 2.92. The van der Waals surface area contributed by atoms with E-state index in [4.69, 9.17) is 9.26 Å². The van der Waals surface area contributed by atoms with Gasteiger partial charge in [0, 0.05) is 18.2 Å². The van der Waals surface area contributed by atoms with Gasteiger partial charge >= 0.3 is 0 Å². The Hall–Kier alpha value is -2.80. The normalized spacial score (nSPS) is 11.4. The van der Waals surface area contributed by atoms with Crippen LogP contribution in [-0.2, 0) is 10.0 Å². The molecule has 0 spiro atoms. The zero-order chi connectivity index (χ0) is 19.6. The summed E-state index contributed by atoms with van der Waals surface area (Å²) in [5.41, 5.74) is 2.94. The molecule has 0 radical (unpaired) electrons. The van der Waals surface area contributed by atoms with Crippen molar-refractivity contribution in [2.45, 2.75) is 25.7 Å². The minimum atomic E-state index is -3.84. The number of nitrogens with zero attached hydrogens (tertiary/aromatic N) is 2. The molecule has 7 heteroatoms. The van der Waals surface area contributed by atoms with E-state index in [1.165, 1.54) is 11.4 Å². The van der Waals surface area contributed by atoms with Crippen LogP contribution in [0.15, 0.2) is 57.9 Å². The van der Waals surface area contributed by atoms with Gasteiger partial charge < -0.3 is 9.26 Å². The third-order valence-electron chi connectivity index (χ3n) is 4.22. The molecule has 3 rings (SSSR count). The molecular formula is C20H22N2O4S. The molecule has 27 heavy (non-hydrogen) atoms. The lowest BCUT2D eigenvalue weighted by Crippen LogP contribution is -2.31. The van der Waals surface area contributed by atoms with Crippen molar-refractivity contribution in [3.8, 4) is 17.1 Å². The Balaban J connectivity index is 2.14. The number of sulfonamides is 1. The summed E-state index contributed by atoms with van der Waals surface area (Å²) in [6.45, 7) is 5.83. The first-order valence-electron chi connectivity index (χ1n) is 8.58. The van der Waals surface area contributed by atoms with Crippen LogP contribution in [0.3, 0.4) is 0 Å². The molecule has 3 aromatic rings. The smallest absolute Gasteiger partial charge is 0.268 e. The molecule has 2 aromatic carbocycles. The molecule has 0 aliphatic heterocycles. The summed E-state index contributed by atoms with van der Waals surface area (Å²) >= 11 is 0. The van der Waals surface area contributed by atoms with Gasteiger partial charge in [-0.25, -0.2) is 8.42 Å². The molecule has 0 bridgehead atoms. The van der Waals surface area contributed by atoms with E-state index in [1.807, 2.05) is 32.0 Å². The second-order valence-corrected chi connectivity index (χ2v) is 8.04. The Labute approximate surface area is 159 Å². The first kappa shape index (κ1) is 19.0. The molecule has 1 aromatic heterocycles. The standard InChI is InChI=1S/C20H22N2O4S/c1-5-22(17-8-6-7-14(2)11-17)27(23,24)20-13-16(9-10-18(20)25-4)19-12-15(3)21-26-19/h6-13H,5H2,1-4H3. The lowest BCUT2D eigenvalue weighted by Gasteiger charge is -2.24. The van der Waals surface area contributed by atoms with E-state index in [0.29, 0.717) is 23.6 Å². The van der Waals surface area contributed by atoms with Crippen LogP contribution < -0.4 is 9.04 Å². The van der Waals surface area contributed by atoms with E-state index in [0.717, 1.165) is 11.3 Å². The van der Waals surface area contributed by atoms with Crippen LogP contribution in [0.2, 0.25) is 0 Å². The Morgan fingerprint density at radius 2 is 1.89 bits per heavy atom. The average Bonchev–Trinajstić information content (AvgIpc) is 3.08. The van der Waals surface area contributed by atoms with Crippen molar-refractivity contribution in [2.75, 3.05) is 18.0 Å². The Kier molecular flexibility index (Phi) is 5.23. The number of ether oxygens (including phenoxy) is 1. The highest BCUT2D eigenvalue weighted by molar-refractivity contribution is 7.93. The highest BCUT2D eigenvalue weighted by atomic mass is 32.2. The van der Waals surface area contributed by atoms with E-state index in [9.17, 15) is 8.42 Å². The van der Waals surface area contributed by atoms with Crippen molar-refractivity contribution in [1.29, 1.82) is 0 Å². The molecule has 0 saturated carbocycles. The first-order chi connectivity index (χ1) is 12.9. The molecule has 0 amide bonds. The van der Waals surface area contributed by atoms with Gasteiger partial charge in [-0.2, -0.15) is 0 Å². The first-order valence-corrected chi connectivity index (χ1v) is 10.0. The van der Waals surface area contributed by atoms with Crippen molar-refractivity contribution in [3.05, 3.63) is 59.8 Å². The van der Waals surface area contributed by atoms with Crippen LogP contribution in [0.4, 0.5) is 5.69 Å². The SMILES string of the molecule is CCN(c1cccc(C)c1)S(=O)(=O)c1cc(-c2cc(C)no2)ccc1OC. The number of aromatic nitrogens is 1. The van der Waals surface area contributed by atoms with Crippen LogP contribution in [0.25, 0.3) is 11.3 Å². The summed E-state index contributed by atoms with van der Waals surface area (Å²) in [4.78, 5) is 0.0832. The summed E-state index contributed by atoms with van der Waals surface area (Å²) < 4.78 is 38.9. The minimum absolute atomic E-state index is 0.0832. The zero-order valence-corrected chi connectivity index (χ0v) is 16.6. The van der Waals surface area contributed by atoms with Crippen LogP contribution >= 0.6 is 0 Å². The molecule has 1 heterocycles. The van der Waals surface area contributed by atoms with Crippen molar-refractivity contribution in [3.63, 3.8) is 0 Å². The summed E-state index contributed by atoms with van der Waals surface area (Å²) in [6.07, 6.45) is 0. The predicted molar refractivity (Wildman–Crippen MR) is 105 cm³/mol. The van der Waals surface area contributed by atoms with Gasteiger partial charge in [-0.1, -0.05) is 17.3 Å². The largest absolute Gasteiger partial charge is 0.495 e. The van der Waals surface area contributed by atoms with Gasteiger partial charge in [0.15, 0.2) is 5.76 Å². The predicted octanol–water partition coefficient (Wildman–Crippen LogP) is 4.18. The minimum Gasteiger partial charge on any atom is -0.495 e. The summed E-state index contributed by atoms with van der Waals surface area (Å²) in [6, 6.07) is 14.1. The molecule has 142 valence electrons. The van der Waals surface area contributed by atoms with E-state index < -0.39 is 10.0 Å². The van der Waals surface area contributed by atoms with E-state index in [-0.39, 0.29) is 10.6 Å². The van der Waals surface area contributed by atoms with Gasteiger partial charge in [0.05, 0.1) is 18.5 Å². The lowest BCUT2D eigenvalue weighted by atomic mass is 10.1. The summed E-state index contributed by atoms with van der Waals surface area (Å²) in [5.74, 6) is 0.784. The third kappa shape index (κ3) is 3.68. The lowest BCUT2D eigenvalue weighted by molar-refractivity contribution is 0.402. The van der Waals surface area contributed by atoms with Crippen molar-refractivity contribution in [1.82, 2.24) is 5.16 Å². The molecule has 0 N–H and O–H groups in total. The molecular weight excluding hydrogens is 364 g/mol. The van der Waals surface area contributed by atoms with E-state index in [1.54, 1.807) is 37.3 Å². The second kappa shape index (κ2) is 7.44. The molecule has 0 fully saturated rings. The molecule has 0 unspecified atom stereocenters. The number of rotatable bonds is 6. The van der Waals surface area contributed by atoms with Gasteiger partial charge in [-0.05, 0) is 56.7 Å². The Morgan fingerprint density at radius 3 is 2.48 bits per heavy atom. The highest BCUT2D eigenvalue weighted by Crippen LogP contribution is 2.34. The van der Waals surface area contributed by atoms with Crippen LogP contribution in [0.1, 0.15) is 18.2 Å². The van der Waals surface area contributed by atoms with E-state index >= 15 is 0 Å². The quantitative estimate of drug-likeness (QED) is 0.635. The maximum Gasteiger partial charge on any atom is 0.268 e. The van der Waals surface area contributed by atoms with Gasteiger partial charge in [0.1, 0.15) is 10.6 Å². The van der Waals surface area contributed by atoms with Crippen LogP contribution in [-0.4, -0.2) is 27.2 Å². The number of hydrogen-bond acceptors (Lipinski definition) is 5. The van der Waals surface area contributed by atoms with Gasteiger partial charge in [-0.3, -0.25) is 4.31 Å². The summed E-state index contributed by atoms with van der Waals surface area (Å²) in [7, 11) is -2.39. The maximum atomic E-state index is 13.4. The third-order valence-corrected chi connectivity index (χ3v) is 6.15. The number of hydrogen-bond donors (Lipinski definition) is 0. The summed E-state index contributed by atoms with van der Waals surface area (Å²) in [5, 5.41) is 3.87. The molecule has 0 aliphatic carbocycles. The zero-order valence-electron chi connectivity index (χ0n) is 15.8. The van der Waals surface area contributed by atoms with Gasteiger partial charge in [0.2, 0.25) is 0 Å². The number of methoxy groups -OCH3 is 1. The fraction of sp³-hybridized carbons (Fsp3) is 0.250. The van der Waals surface area contributed by atoms with Gasteiger partial charge in [0.25, 0.3) is 10.0 Å². The Morgan fingerprint density at radius 1 is 1.11 bits per heavy atom. The molecule has 0 atom stereocenters. The van der Waals surface area contributed by atoms with Crippen molar-refractivity contribution < 1.29 is 17.7 Å². The van der Waals surface area contributed by atoms with Crippen LogP contribution in [0, 0.1) is 13.8 Å². The Bertz CT molecular complexity index is 1060. The fourth-order valence-corrected chi connectivity index (χ4v) is 4.57. The molecule has 0 saturated heterocycles. The van der Waals surface area contributed by atoms with Gasteiger partial charge in [-0.15, -0.1) is 0 Å². The van der Waals surface area contributed by atoms with E-state index in [2.05, 4.69) is 5.16 Å². The maximum absolute atomic E-state index is 13.4. The second-order valence-electron chi connectivity index (χ2n) is 6.21. The van der Waals surface area contributed by atoms with Crippen molar-refractivity contribution in [2.24, 2.45) is 0 Å². The number of benzene rings is 2. The van der Waals surface area contributed by atoms with Crippen molar-refractivity contribution >= 4 is 15.7 Å². The number of aryl methyl sites for hydroxylation is 2. The topological polar surface area (TPSA) is 72.6 Å². The molecule has 6 nitrogen and oxygen atoms in total.